The van der Waals surface area contributed by atoms with E-state index < -0.39 is 24.1 Å². The summed E-state index contributed by atoms with van der Waals surface area (Å²) in [6, 6.07) is 0. The first kappa shape index (κ1) is 32.3. The monoisotopic (exact) mass is 225 g/mol. The Balaban J connectivity index is -0.00000000889. The molecule has 0 spiro atoms. The van der Waals surface area contributed by atoms with Gasteiger partial charge in [-0.3, -0.25) is 8.92 Å². The Labute approximate surface area is 87.0 Å². The van der Waals surface area contributed by atoms with E-state index in [1.807, 2.05) is 0 Å². The van der Waals surface area contributed by atoms with E-state index in [9.17, 15) is 0 Å². The molecule has 0 atom stereocenters. The second kappa shape index (κ2) is 62.9. The molecule has 0 fully saturated rings. The first-order valence-electron chi connectivity index (χ1n) is 0.717. The van der Waals surface area contributed by atoms with Crippen molar-refractivity contribution in [2.75, 3.05) is 0 Å². The van der Waals surface area contributed by atoms with Crippen LogP contribution >= 0.6 is 0 Å². The van der Waals surface area contributed by atoms with Gasteiger partial charge >= 0.3 is 69.5 Å². The van der Waals surface area contributed by atoms with Crippen molar-refractivity contribution in [3.8, 4) is 0 Å². The van der Waals surface area contributed by atoms with Crippen molar-refractivity contribution in [2.45, 2.75) is 0 Å². The Bertz CT molecular complexity index is 72.6. The molecule has 0 bridgehead atoms. The summed E-state index contributed by atoms with van der Waals surface area (Å²) in [7, 11) is -1.42. The second-order valence-corrected chi connectivity index (χ2v) is 0.510. The molecule has 4 nitrogen and oxygen atoms in total. The number of hydrogen-bond acceptors (Lipinski definition) is 4. The van der Waals surface area contributed by atoms with E-state index in [0.717, 1.165) is 0 Å². The third kappa shape index (κ3) is 404. The summed E-state index contributed by atoms with van der Waals surface area (Å²) in [5, 5.41) is 0. The SMILES string of the molecule is O=[Si]=O.[Ca+2].[F-].[F-].[O]=[Mn]=[O]. The molecule has 0 radical (unpaired) electrons. The van der Waals surface area contributed by atoms with Crippen LogP contribution in [0.5, 0.6) is 0 Å². The van der Waals surface area contributed by atoms with Crippen molar-refractivity contribution < 1.29 is 40.8 Å². The second-order valence-electron chi connectivity index (χ2n) is 0.146. The molecule has 0 aliphatic rings. The third-order valence-corrected chi connectivity index (χ3v) is 0. The van der Waals surface area contributed by atoms with Crippen LogP contribution in [0.15, 0.2) is 0 Å². The maximum atomic E-state index is 8.41. The van der Waals surface area contributed by atoms with E-state index in [1.54, 1.807) is 0 Å². The average Bonchev–Trinajstić information content (AvgIpc) is 1.39. The zero-order valence-corrected chi connectivity index (χ0v) is 8.36. The van der Waals surface area contributed by atoms with Crippen LogP contribution in [0.3, 0.4) is 0 Å². The van der Waals surface area contributed by atoms with Crippen LogP contribution in [-0.4, -0.2) is 47.0 Å². The van der Waals surface area contributed by atoms with E-state index >= 15 is 0 Å². The molecule has 0 rings (SSSR count). The van der Waals surface area contributed by atoms with Crippen molar-refractivity contribution in [1.82, 2.24) is 0 Å². The van der Waals surface area contributed by atoms with Crippen LogP contribution < -0.4 is 9.41 Å². The van der Waals surface area contributed by atoms with Gasteiger partial charge in [0.1, 0.15) is 0 Å². The molecule has 0 aromatic heterocycles. The fraction of sp³-hybridized carbons (Fsp3) is 0. The Morgan fingerprint density at radius 2 is 1.00 bits per heavy atom. The van der Waals surface area contributed by atoms with Gasteiger partial charge in [-0.05, 0) is 0 Å². The average molecular weight is 225 g/mol. The molecule has 0 aromatic carbocycles. The molecule has 0 saturated heterocycles. The summed E-state index contributed by atoms with van der Waals surface area (Å²) >= 11 is -1.44. The third-order valence-electron chi connectivity index (χ3n) is 0. The molecule has 0 saturated carbocycles. The van der Waals surface area contributed by atoms with E-state index in [4.69, 9.17) is 16.6 Å². The molecule has 0 amide bonds. The molecule has 0 aromatic rings. The predicted molar refractivity (Wildman–Crippen MR) is 14.3 cm³/mol. The molecule has 51 valence electrons. The van der Waals surface area contributed by atoms with Gasteiger partial charge in [0, 0.05) is 0 Å². The van der Waals surface area contributed by atoms with Gasteiger partial charge in [-0.1, -0.05) is 0 Å². The van der Waals surface area contributed by atoms with Gasteiger partial charge in [-0.25, -0.2) is 0 Å². The maximum absolute atomic E-state index is 8.41. The van der Waals surface area contributed by atoms with Gasteiger partial charge in [-0.2, -0.15) is 0 Å². The molecule has 0 unspecified atom stereocenters. The Hall–Kier alpha value is 1.06. The normalized spacial score (nSPS) is 2.22. The molecule has 0 aliphatic carbocycles. The first-order valence-corrected chi connectivity index (χ1v) is 2.50. The summed E-state index contributed by atoms with van der Waals surface area (Å²) in [4.78, 5) is 0. The number of rotatable bonds is 0. The van der Waals surface area contributed by atoms with Crippen LogP contribution in [0.4, 0.5) is 0 Å². The summed E-state index contributed by atoms with van der Waals surface area (Å²) in [5.41, 5.74) is 0. The molecular weight excluding hydrogens is 225 g/mol. The van der Waals surface area contributed by atoms with E-state index in [-0.39, 0.29) is 47.1 Å². The van der Waals surface area contributed by atoms with Gasteiger partial charge in [0.25, 0.3) is 0 Å². The van der Waals surface area contributed by atoms with Crippen LogP contribution in [0.2, 0.25) is 0 Å². The molecule has 9 heteroatoms. The van der Waals surface area contributed by atoms with Gasteiger partial charge in [0.15, 0.2) is 0 Å². The van der Waals surface area contributed by atoms with Crippen molar-refractivity contribution in [3.05, 3.63) is 0 Å². The van der Waals surface area contributed by atoms with E-state index in [0.29, 0.717) is 0 Å². The van der Waals surface area contributed by atoms with E-state index in [1.165, 1.54) is 0 Å². The van der Waals surface area contributed by atoms with E-state index in [2.05, 4.69) is 0 Å². The van der Waals surface area contributed by atoms with Crippen molar-refractivity contribution in [2.24, 2.45) is 0 Å². The number of halogens is 2. The first-order chi connectivity index (χ1) is 2.83. The van der Waals surface area contributed by atoms with Crippen LogP contribution in [-0.2, 0) is 31.4 Å². The van der Waals surface area contributed by atoms with Gasteiger partial charge < -0.3 is 9.41 Å². The summed E-state index contributed by atoms with van der Waals surface area (Å²) in [5.74, 6) is 0. The number of hydrogen-bond donors (Lipinski definition) is 0. The molecule has 0 aliphatic heterocycles. The molecule has 9 heavy (non-hydrogen) atoms. The van der Waals surface area contributed by atoms with Crippen LogP contribution in [0, 0.1) is 0 Å². The fourth-order valence-electron chi connectivity index (χ4n) is 0. The van der Waals surface area contributed by atoms with Crippen LogP contribution in [0.25, 0.3) is 0 Å². The zero-order chi connectivity index (χ0) is 5.41. The summed E-state index contributed by atoms with van der Waals surface area (Å²) < 4.78 is 33.6. The predicted octanol–water partition coefficient (Wildman–Crippen LogP) is -7.23. The zero-order valence-electron chi connectivity index (χ0n) is 3.97. The Morgan fingerprint density at radius 1 is 1.00 bits per heavy atom. The molecular formula is CaF2MnO4Si. The standard InChI is InChI=1S/Ca.2FH.Mn.O2Si.2O/c;;;;1-3-2;;/h;2*1H;;;;/q+2;;;;;;/p-2. The van der Waals surface area contributed by atoms with Crippen molar-refractivity contribution in [3.63, 3.8) is 0 Å². The van der Waals surface area contributed by atoms with Gasteiger partial charge in [-0.15, -0.1) is 0 Å². The van der Waals surface area contributed by atoms with Crippen LogP contribution in [0.1, 0.15) is 0 Å². The topological polar surface area (TPSA) is 68.3 Å². The van der Waals surface area contributed by atoms with Crippen molar-refractivity contribution in [1.29, 1.82) is 0 Å². The summed E-state index contributed by atoms with van der Waals surface area (Å²) in [6.45, 7) is 0. The minimum atomic E-state index is -1.44. The summed E-state index contributed by atoms with van der Waals surface area (Å²) in [6.07, 6.45) is 0. The van der Waals surface area contributed by atoms with Gasteiger partial charge in [0.05, 0.1) is 0 Å². The molecule has 0 N–H and O–H groups in total. The van der Waals surface area contributed by atoms with Crippen molar-refractivity contribution >= 4 is 47.0 Å². The Kier molecular flexibility index (Phi) is 226. The minimum absolute atomic E-state index is 0. The van der Waals surface area contributed by atoms with Gasteiger partial charge in [0.2, 0.25) is 0 Å². The Morgan fingerprint density at radius 3 is 1.00 bits per heavy atom. The fourth-order valence-corrected chi connectivity index (χ4v) is 0. The quantitative estimate of drug-likeness (QED) is 0.384. The molecule has 0 heterocycles.